The predicted molar refractivity (Wildman–Crippen MR) is 87.8 cm³/mol. The zero-order valence-corrected chi connectivity index (χ0v) is 13.0. The van der Waals surface area contributed by atoms with Gasteiger partial charge in [-0.05, 0) is 31.0 Å². The summed E-state index contributed by atoms with van der Waals surface area (Å²) < 4.78 is 0. The maximum atomic E-state index is 12.2. The van der Waals surface area contributed by atoms with Crippen molar-refractivity contribution >= 4 is 11.7 Å². The first kappa shape index (κ1) is 15.9. The van der Waals surface area contributed by atoms with Gasteiger partial charge in [0, 0.05) is 6.54 Å². The smallest absolute Gasteiger partial charge is 0.272 e. The Bertz CT molecular complexity index is 583. The summed E-state index contributed by atoms with van der Waals surface area (Å²) in [6.45, 7) is 4.94. The molecule has 1 atom stereocenters. The van der Waals surface area contributed by atoms with Crippen molar-refractivity contribution in [1.29, 1.82) is 0 Å². The second kappa shape index (κ2) is 8.12. The number of amides is 1. The van der Waals surface area contributed by atoms with Crippen molar-refractivity contribution in [2.75, 3.05) is 11.9 Å². The minimum atomic E-state index is -0.219. The fraction of sp³-hybridized carbons (Fsp3) is 0.353. The number of rotatable bonds is 7. The van der Waals surface area contributed by atoms with Crippen molar-refractivity contribution in [2.24, 2.45) is 0 Å². The highest BCUT2D eigenvalue weighted by molar-refractivity contribution is 5.92. The molecule has 0 saturated carbocycles. The molecule has 5 heteroatoms. The SMILES string of the molecule is CCCCNc1ccc(C(=O)NC(C)c2ccccc2)nn1. The molecule has 1 unspecified atom stereocenters. The number of aromatic nitrogens is 2. The van der Waals surface area contributed by atoms with Gasteiger partial charge in [-0.1, -0.05) is 43.7 Å². The zero-order chi connectivity index (χ0) is 15.8. The standard InChI is InChI=1S/C17H22N4O/c1-3-4-12-18-16-11-10-15(20-21-16)17(22)19-13(2)14-8-6-5-7-9-14/h5-11,13H,3-4,12H2,1-2H3,(H,18,21)(H,19,22). The van der Waals surface area contributed by atoms with Crippen LogP contribution >= 0.6 is 0 Å². The van der Waals surface area contributed by atoms with E-state index >= 15 is 0 Å². The summed E-state index contributed by atoms with van der Waals surface area (Å²) in [7, 11) is 0. The van der Waals surface area contributed by atoms with Gasteiger partial charge < -0.3 is 10.6 Å². The lowest BCUT2D eigenvalue weighted by molar-refractivity contribution is 0.0934. The van der Waals surface area contributed by atoms with Crippen molar-refractivity contribution in [3.8, 4) is 0 Å². The number of benzene rings is 1. The lowest BCUT2D eigenvalue weighted by Gasteiger charge is -2.13. The minimum Gasteiger partial charge on any atom is -0.369 e. The third-order valence-corrected chi connectivity index (χ3v) is 3.38. The first-order chi connectivity index (χ1) is 10.7. The maximum absolute atomic E-state index is 12.2. The molecule has 0 bridgehead atoms. The second-order valence-electron chi connectivity index (χ2n) is 5.19. The monoisotopic (exact) mass is 298 g/mol. The van der Waals surface area contributed by atoms with E-state index in [0.717, 1.165) is 24.9 Å². The minimum absolute atomic E-state index is 0.0714. The molecule has 1 aromatic carbocycles. The molecule has 2 rings (SSSR count). The van der Waals surface area contributed by atoms with Gasteiger partial charge >= 0.3 is 0 Å². The highest BCUT2D eigenvalue weighted by atomic mass is 16.2. The molecule has 116 valence electrons. The van der Waals surface area contributed by atoms with Crippen LogP contribution in [0.25, 0.3) is 0 Å². The summed E-state index contributed by atoms with van der Waals surface area (Å²) in [4.78, 5) is 12.2. The van der Waals surface area contributed by atoms with Crippen LogP contribution in [0.4, 0.5) is 5.82 Å². The van der Waals surface area contributed by atoms with Crippen molar-refractivity contribution in [3.05, 3.63) is 53.7 Å². The maximum Gasteiger partial charge on any atom is 0.272 e. The van der Waals surface area contributed by atoms with E-state index in [4.69, 9.17) is 0 Å². The van der Waals surface area contributed by atoms with Gasteiger partial charge in [0.25, 0.3) is 5.91 Å². The molecule has 0 aliphatic rings. The predicted octanol–water partition coefficient (Wildman–Crippen LogP) is 3.18. The average molecular weight is 298 g/mol. The molecule has 5 nitrogen and oxygen atoms in total. The Morgan fingerprint density at radius 2 is 1.91 bits per heavy atom. The van der Waals surface area contributed by atoms with E-state index in [1.807, 2.05) is 37.3 Å². The average Bonchev–Trinajstić information content (AvgIpc) is 2.56. The van der Waals surface area contributed by atoms with E-state index in [9.17, 15) is 4.79 Å². The van der Waals surface area contributed by atoms with E-state index in [1.165, 1.54) is 0 Å². The largest absolute Gasteiger partial charge is 0.369 e. The van der Waals surface area contributed by atoms with E-state index in [2.05, 4.69) is 27.8 Å². The van der Waals surface area contributed by atoms with Crippen LogP contribution < -0.4 is 10.6 Å². The van der Waals surface area contributed by atoms with Crippen LogP contribution in [0.5, 0.6) is 0 Å². The van der Waals surface area contributed by atoms with Gasteiger partial charge in [0.15, 0.2) is 5.69 Å². The first-order valence-electron chi connectivity index (χ1n) is 7.64. The van der Waals surface area contributed by atoms with Crippen molar-refractivity contribution < 1.29 is 4.79 Å². The number of hydrogen-bond donors (Lipinski definition) is 2. The fourth-order valence-electron chi connectivity index (χ4n) is 2.04. The molecule has 22 heavy (non-hydrogen) atoms. The number of unbranched alkanes of at least 4 members (excludes halogenated alkanes) is 1. The molecule has 0 radical (unpaired) electrons. The molecule has 0 fully saturated rings. The van der Waals surface area contributed by atoms with Gasteiger partial charge in [0.1, 0.15) is 5.82 Å². The summed E-state index contributed by atoms with van der Waals surface area (Å²) in [6, 6.07) is 13.2. The zero-order valence-electron chi connectivity index (χ0n) is 13.0. The molecule has 1 heterocycles. The normalized spacial score (nSPS) is 11.7. The lowest BCUT2D eigenvalue weighted by atomic mass is 10.1. The summed E-state index contributed by atoms with van der Waals surface area (Å²) in [5.74, 6) is 0.477. The molecule has 2 aromatic rings. The number of nitrogens with zero attached hydrogens (tertiary/aromatic N) is 2. The highest BCUT2D eigenvalue weighted by Crippen LogP contribution is 2.12. The molecule has 1 amide bonds. The molecule has 0 saturated heterocycles. The summed E-state index contributed by atoms with van der Waals surface area (Å²) in [5, 5.41) is 14.1. The van der Waals surface area contributed by atoms with Crippen LogP contribution in [-0.2, 0) is 0 Å². The molecule has 1 aromatic heterocycles. The highest BCUT2D eigenvalue weighted by Gasteiger charge is 2.12. The van der Waals surface area contributed by atoms with Crippen LogP contribution in [0, 0.1) is 0 Å². The molecule has 2 N–H and O–H groups in total. The van der Waals surface area contributed by atoms with E-state index < -0.39 is 0 Å². The quantitative estimate of drug-likeness (QED) is 0.770. The van der Waals surface area contributed by atoms with E-state index in [1.54, 1.807) is 12.1 Å². The fourth-order valence-corrected chi connectivity index (χ4v) is 2.04. The Morgan fingerprint density at radius 1 is 1.14 bits per heavy atom. The summed E-state index contributed by atoms with van der Waals surface area (Å²) in [6.07, 6.45) is 2.21. The lowest BCUT2D eigenvalue weighted by Crippen LogP contribution is -2.27. The van der Waals surface area contributed by atoms with E-state index in [0.29, 0.717) is 11.5 Å². The van der Waals surface area contributed by atoms with Crippen molar-refractivity contribution in [2.45, 2.75) is 32.7 Å². The third kappa shape index (κ3) is 4.55. The van der Waals surface area contributed by atoms with Crippen LogP contribution in [0.15, 0.2) is 42.5 Å². The Balaban J connectivity index is 1.92. The molecular formula is C17H22N4O. The molecule has 0 spiro atoms. The first-order valence-corrected chi connectivity index (χ1v) is 7.64. The van der Waals surface area contributed by atoms with Crippen molar-refractivity contribution in [1.82, 2.24) is 15.5 Å². The Kier molecular flexibility index (Phi) is 5.89. The van der Waals surface area contributed by atoms with Crippen LogP contribution in [0.2, 0.25) is 0 Å². The van der Waals surface area contributed by atoms with Gasteiger partial charge in [0.05, 0.1) is 6.04 Å². The number of carbonyl (C=O) groups excluding carboxylic acids is 1. The Labute approximate surface area is 131 Å². The number of carbonyl (C=O) groups is 1. The molecule has 0 aliphatic heterocycles. The van der Waals surface area contributed by atoms with Gasteiger partial charge in [-0.3, -0.25) is 4.79 Å². The second-order valence-corrected chi connectivity index (χ2v) is 5.19. The Morgan fingerprint density at radius 3 is 2.55 bits per heavy atom. The van der Waals surface area contributed by atoms with E-state index in [-0.39, 0.29) is 11.9 Å². The van der Waals surface area contributed by atoms with Crippen LogP contribution in [0.1, 0.15) is 48.8 Å². The molecule has 0 aliphatic carbocycles. The number of hydrogen-bond acceptors (Lipinski definition) is 4. The van der Waals surface area contributed by atoms with Crippen LogP contribution in [0.3, 0.4) is 0 Å². The number of nitrogens with one attached hydrogen (secondary N) is 2. The van der Waals surface area contributed by atoms with Gasteiger partial charge in [-0.25, -0.2) is 0 Å². The summed E-state index contributed by atoms with van der Waals surface area (Å²) in [5.41, 5.74) is 1.38. The van der Waals surface area contributed by atoms with Gasteiger partial charge in [0.2, 0.25) is 0 Å². The van der Waals surface area contributed by atoms with Gasteiger partial charge in [-0.15, -0.1) is 10.2 Å². The molecular weight excluding hydrogens is 276 g/mol. The van der Waals surface area contributed by atoms with Crippen molar-refractivity contribution in [3.63, 3.8) is 0 Å². The van der Waals surface area contributed by atoms with Crippen LogP contribution in [-0.4, -0.2) is 22.6 Å². The van der Waals surface area contributed by atoms with Gasteiger partial charge in [-0.2, -0.15) is 0 Å². The summed E-state index contributed by atoms with van der Waals surface area (Å²) >= 11 is 0. The third-order valence-electron chi connectivity index (χ3n) is 3.38. The topological polar surface area (TPSA) is 66.9 Å². The Hall–Kier alpha value is -2.43. The number of anilines is 1.